The summed E-state index contributed by atoms with van der Waals surface area (Å²) in [5.74, 6) is 0.519. The molecular formula is C18H26ClN3OS. The minimum absolute atomic E-state index is 0. The van der Waals surface area contributed by atoms with Crippen molar-refractivity contribution < 1.29 is 4.79 Å². The molecule has 4 nitrogen and oxygen atoms in total. The molecule has 0 spiro atoms. The Morgan fingerprint density at radius 2 is 2.08 bits per heavy atom. The van der Waals surface area contributed by atoms with E-state index in [1.807, 2.05) is 29.0 Å². The van der Waals surface area contributed by atoms with Gasteiger partial charge in [0.25, 0.3) is 5.91 Å². The van der Waals surface area contributed by atoms with Crippen LogP contribution in [0.2, 0.25) is 0 Å². The number of thiophene rings is 1. The molecule has 2 aromatic rings. The Bertz CT molecular complexity index is 620. The molecule has 0 radical (unpaired) electrons. The number of nitrogens with two attached hydrogens (primary N) is 1. The fourth-order valence-electron chi connectivity index (χ4n) is 3.48. The van der Waals surface area contributed by atoms with E-state index < -0.39 is 0 Å². The molecule has 2 heterocycles. The lowest BCUT2D eigenvalue weighted by Crippen LogP contribution is -2.46. The molecular weight excluding hydrogens is 342 g/mol. The molecule has 3 N–H and O–H groups in total. The fourth-order valence-corrected chi connectivity index (χ4v) is 4.18. The van der Waals surface area contributed by atoms with Gasteiger partial charge in [-0.3, -0.25) is 4.79 Å². The Morgan fingerprint density at radius 1 is 1.29 bits per heavy atom. The first-order valence-corrected chi connectivity index (χ1v) is 9.34. The molecule has 1 fully saturated rings. The number of rotatable bonds is 6. The standard InChI is InChI=1S/C18H25N3OS.ClH/c19-12-16(14-6-2-1-3-7-14)20-18(22)17-9-4-10-21(17)13-15-8-5-11-23-15;/h4-5,8-11,14,16H,1-3,6-7,12-13,19H2,(H,20,22);1H. The van der Waals surface area contributed by atoms with Crippen LogP contribution in [-0.4, -0.2) is 23.1 Å². The van der Waals surface area contributed by atoms with Crippen molar-refractivity contribution in [1.82, 2.24) is 9.88 Å². The van der Waals surface area contributed by atoms with Gasteiger partial charge in [0.15, 0.2) is 0 Å². The molecule has 3 rings (SSSR count). The Hall–Kier alpha value is -1.30. The van der Waals surface area contributed by atoms with Gasteiger partial charge in [-0.05, 0) is 42.3 Å². The quantitative estimate of drug-likeness (QED) is 0.818. The average molecular weight is 368 g/mol. The summed E-state index contributed by atoms with van der Waals surface area (Å²) < 4.78 is 2.01. The van der Waals surface area contributed by atoms with E-state index in [-0.39, 0.29) is 24.4 Å². The maximum absolute atomic E-state index is 12.7. The third-order valence-electron chi connectivity index (χ3n) is 4.76. The van der Waals surface area contributed by atoms with Gasteiger partial charge < -0.3 is 15.6 Å². The van der Waals surface area contributed by atoms with Crippen molar-refractivity contribution in [1.29, 1.82) is 0 Å². The van der Waals surface area contributed by atoms with Crippen LogP contribution in [0.15, 0.2) is 35.8 Å². The van der Waals surface area contributed by atoms with Crippen LogP contribution in [0.25, 0.3) is 0 Å². The van der Waals surface area contributed by atoms with Crippen molar-refractivity contribution in [3.8, 4) is 0 Å². The van der Waals surface area contributed by atoms with Crippen molar-refractivity contribution in [2.45, 2.75) is 44.7 Å². The second-order valence-corrected chi connectivity index (χ2v) is 7.35. The molecule has 0 aromatic carbocycles. The summed E-state index contributed by atoms with van der Waals surface area (Å²) in [6, 6.07) is 8.04. The van der Waals surface area contributed by atoms with Gasteiger partial charge in [-0.1, -0.05) is 25.3 Å². The number of hydrogen-bond donors (Lipinski definition) is 2. The SMILES string of the molecule is Cl.NCC(NC(=O)c1cccn1Cc1cccs1)C1CCCCC1. The second kappa shape index (κ2) is 9.25. The van der Waals surface area contributed by atoms with Gasteiger partial charge >= 0.3 is 0 Å². The van der Waals surface area contributed by atoms with Gasteiger partial charge in [-0.15, -0.1) is 23.7 Å². The summed E-state index contributed by atoms with van der Waals surface area (Å²) in [5.41, 5.74) is 6.65. The van der Waals surface area contributed by atoms with Crippen LogP contribution in [-0.2, 0) is 6.54 Å². The molecule has 1 unspecified atom stereocenters. The van der Waals surface area contributed by atoms with Gasteiger partial charge in [-0.25, -0.2) is 0 Å². The highest BCUT2D eigenvalue weighted by Gasteiger charge is 2.25. The zero-order valence-corrected chi connectivity index (χ0v) is 15.5. The average Bonchev–Trinajstić information content (AvgIpc) is 3.25. The molecule has 6 heteroatoms. The highest BCUT2D eigenvalue weighted by molar-refractivity contribution is 7.09. The van der Waals surface area contributed by atoms with Crippen LogP contribution < -0.4 is 11.1 Å². The predicted octanol–water partition coefficient (Wildman–Crippen LogP) is 3.66. The zero-order valence-electron chi connectivity index (χ0n) is 13.8. The van der Waals surface area contributed by atoms with E-state index >= 15 is 0 Å². The predicted molar refractivity (Wildman–Crippen MR) is 102 cm³/mol. The molecule has 24 heavy (non-hydrogen) atoms. The van der Waals surface area contributed by atoms with Crippen LogP contribution >= 0.6 is 23.7 Å². The summed E-state index contributed by atoms with van der Waals surface area (Å²) in [6.07, 6.45) is 8.15. The van der Waals surface area contributed by atoms with E-state index in [1.165, 1.54) is 37.0 Å². The summed E-state index contributed by atoms with van der Waals surface area (Å²) in [5, 5.41) is 5.24. The Morgan fingerprint density at radius 3 is 2.75 bits per heavy atom. The maximum atomic E-state index is 12.7. The van der Waals surface area contributed by atoms with Gasteiger partial charge in [0, 0.05) is 23.7 Å². The van der Waals surface area contributed by atoms with Crippen LogP contribution in [0.4, 0.5) is 0 Å². The van der Waals surface area contributed by atoms with Crippen molar-refractivity contribution in [3.63, 3.8) is 0 Å². The largest absolute Gasteiger partial charge is 0.346 e. The highest BCUT2D eigenvalue weighted by Crippen LogP contribution is 2.26. The summed E-state index contributed by atoms with van der Waals surface area (Å²) in [6.45, 7) is 1.26. The molecule has 1 amide bonds. The van der Waals surface area contributed by atoms with E-state index in [1.54, 1.807) is 11.3 Å². The van der Waals surface area contributed by atoms with Crippen molar-refractivity contribution in [2.75, 3.05) is 6.54 Å². The first-order chi connectivity index (χ1) is 11.3. The number of carbonyl (C=O) groups excluding carboxylic acids is 1. The third kappa shape index (κ3) is 4.62. The molecule has 1 atom stereocenters. The summed E-state index contributed by atoms with van der Waals surface area (Å²) in [7, 11) is 0. The normalized spacial score (nSPS) is 16.4. The lowest BCUT2D eigenvalue weighted by molar-refractivity contribution is 0.0906. The highest BCUT2D eigenvalue weighted by atomic mass is 35.5. The van der Waals surface area contributed by atoms with E-state index in [0.717, 1.165) is 6.54 Å². The van der Waals surface area contributed by atoms with Crippen LogP contribution in [0.5, 0.6) is 0 Å². The van der Waals surface area contributed by atoms with Gasteiger partial charge in [0.05, 0.1) is 6.54 Å². The lowest BCUT2D eigenvalue weighted by atomic mass is 9.84. The Kier molecular flexibility index (Phi) is 7.34. The molecule has 1 aliphatic carbocycles. The Balaban J connectivity index is 0.00000208. The van der Waals surface area contributed by atoms with Gasteiger partial charge in [-0.2, -0.15) is 0 Å². The Labute approximate surface area is 153 Å². The molecule has 132 valence electrons. The van der Waals surface area contributed by atoms with Crippen molar-refractivity contribution in [2.24, 2.45) is 11.7 Å². The number of aromatic nitrogens is 1. The second-order valence-electron chi connectivity index (χ2n) is 6.31. The molecule has 2 aromatic heterocycles. The molecule has 0 bridgehead atoms. The monoisotopic (exact) mass is 367 g/mol. The van der Waals surface area contributed by atoms with E-state index in [9.17, 15) is 4.79 Å². The van der Waals surface area contributed by atoms with Crippen LogP contribution in [0.1, 0.15) is 47.5 Å². The zero-order chi connectivity index (χ0) is 16.1. The smallest absolute Gasteiger partial charge is 0.268 e. The number of nitrogens with zero attached hydrogens (tertiary/aromatic N) is 1. The number of nitrogens with one attached hydrogen (secondary N) is 1. The summed E-state index contributed by atoms with van der Waals surface area (Å²) >= 11 is 1.71. The number of amides is 1. The van der Waals surface area contributed by atoms with E-state index in [2.05, 4.69) is 16.8 Å². The van der Waals surface area contributed by atoms with Crippen LogP contribution in [0, 0.1) is 5.92 Å². The molecule has 1 saturated carbocycles. The number of hydrogen-bond acceptors (Lipinski definition) is 3. The molecule has 1 aliphatic rings. The topological polar surface area (TPSA) is 60.0 Å². The third-order valence-corrected chi connectivity index (χ3v) is 5.62. The maximum Gasteiger partial charge on any atom is 0.268 e. The number of carbonyl (C=O) groups is 1. The molecule has 0 saturated heterocycles. The number of halogens is 1. The minimum Gasteiger partial charge on any atom is -0.346 e. The summed E-state index contributed by atoms with van der Waals surface area (Å²) in [4.78, 5) is 13.9. The van der Waals surface area contributed by atoms with Gasteiger partial charge in [0.1, 0.15) is 5.69 Å². The van der Waals surface area contributed by atoms with Crippen molar-refractivity contribution >= 4 is 29.7 Å². The minimum atomic E-state index is -0.00687. The molecule has 0 aliphatic heterocycles. The van der Waals surface area contributed by atoms with Crippen LogP contribution in [0.3, 0.4) is 0 Å². The first-order valence-electron chi connectivity index (χ1n) is 8.46. The lowest BCUT2D eigenvalue weighted by Gasteiger charge is -2.30. The fraction of sp³-hybridized carbons (Fsp3) is 0.500. The first kappa shape index (κ1) is 19.0. The van der Waals surface area contributed by atoms with Gasteiger partial charge in [0.2, 0.25) is 0 Å². The van der Waals surface area contributed by atoms with Crippen molar-refractivity contribution in [3.05, 3.63) is 46.4 Å². The van der Waals surface area contributed by atoms with E-state index in [4.69, 9.17) is 5.73 Å². The van der Waals surface area contributed by atoms with E-state index in [0.29, 0.717) is 18.2 Å².